The van der Waals surface area contributed by atoms with Gasteiger partial charge in [-0.1, -0.05) is 17.7 Å². The zero-order chi connectivity index (χ0) is 17.1. The van der Waals surface area contributed by atoms with E-state index in [9.17, 15) is 18.0 Å². The molecular formula is C14H19NO6S. The Hall–Kier alpha value is -2.09. The molecule has 1 unspecified atom stereocenters. The monoisotopic (exact) mass is 329 g/mol. The van der Waals surface area contributed by atoms with Gasteiger partial charge in [0.15, 0.2) is 0 Å². The van der Waals surface area contributed by atoms with Crippen LogP contribution in [0.3, 0.4) is 0 Å². The standard InChI is InChI=1S/C14H19NO6S/c1-9-5-7-10(8-6-9)22(19,20)11(12(16)17)15-13(18)21-14(2,3)4/h5-8,11H,1-4H3,(H,15,18)(H,16,17). The van der Waals surface area contributed by atoms with Crippen LogP contribution in [-0.4, -0.2) is 36.6 Å². The van der Waals surface area contributed by atoms with E-state index in [0.29, 0.717) is 0 Å². The molecule has 0 radical (unpaired) electrons. The Balaban J connectivity index is 3.07. The van der Waals surface area contributed by atoms with E-state index in [1.165, 1.54) is 12.1 Å². The SMILES string of the molecule is Cc1ccc(S(=O)(=O)C(NC(=O)OC(C)(C)C)C(=O)O)cc1. The van der Waals surface area contributed by atoms with Crippen LogP contribution in [0.15, 0.2) is 29.2 Å². The Labute approximate surface area is 129 Å². The third-order valence-electron chi connectivity index (χ3n) is 2.53. The van der Waals surface area contributed by atoms with Crippen molar-refractivity contribution in [1.82, 2.24) is 5.32 Å². The van der Waals surface area contributed by atoms with Gasteiger partial charge in [-0.2, -0.15) is 0 Å². The number of nitrogens with one attached hydrogen (secondary N) is 1. The maximum absolute atomic E-state index is 12.3. The minimum Gasteiger partial charge on any atom is -0.479 e. The van der Waals surface area contributed by atoms with Gasteiger partial charge in [0.2, 0.25) is 15.2 Å². The van der Waals surface area contributed by atoms with Gasteiger partial charge in [-0.25, -0.2) is 18.0 Å². The number of amides is 1. The molecule has 0 saturated heterocycles. The van der Waals surface area contributed by atoms with E-state index in [0.717, 1.165) is 5.56 Å². The average Bonchev–Trinajstić information content (AvgIpc) is 2.33. The molecule has 0 aliphatic heterocycles. The molecule has 1 amide bonds. The lowest BCUT2D eigenvalue weighted by molar-refractivity contribution is -0.137. The molecule has 0 aliphatic carbocycles. The van der Waals surface area contributed by atoms with Gasteiger partial charge in [-0.15, -0.1) is 0 Å². The molecule has 0 spiro atoms. The highest BCUT2D eigenvalue weighted by atomic mass is 32.2. The van der Waals surface area contributed by atoms with Gasteiger partial charge < -0.3 is 9.84 Å². The normalized spacial score (nSPS) is 13.3. The van der Waals surface area contributed by atoms with Crippen molar-refractivity contribution in [1.29, 1.82) is 0 Å². The lowest BCUT2D eigenvalue weighted by Crippen LogP contribution is -2.48. The number of hydrogen-bond donors (Lipinski definition) is 2. The van der Waals surface area contributed by atoms with Crippen molar-refractivity contribution >= 4 is 21.9 Å². The lowest BCUT2D eigenvalue weighted by Gasteiger charge is -2.22. The van der Waals surface area contributed by atoms with Gasteiger partial charge in [0.1, 0.15) is 5.60 Å². The number of sulfone groups is 1. The van der Waals surface area contributed by atoms with Crippen molar-refractivity contribution in [3.8, 4) is 0 Å². The number of rotatable bonds is 4. The molecule has 0 aliphatic rings. The molecular weight excluding hydrogens is 310 g/mol. The largest absolute Gasteiger partial charge is 0.479 e. The Morgan fingerprint density at radius 3 is 2.09 bits per heavy atom. The smallest absolute Gasteiger partial charge is 0.409 e. The van der Waals surface area contributed by atoms with E-state index >= 15 is 0 Å². The molecule has 0 bridgehead atoms. The summed E-state index contributed by atoms with van der Waals surface area (Å²) >= 11 is 0. The van der Waals surface area contributed by atoms with Crippen LogP contribution in [0.25, 0.3) is 0 Å². The maximum Gasteiger partial charge on any atom is 0.409 e. The predicted octanol–water partition coefficient (Wildman–Crippen LogP) is 1.70. The fourth-order valence-electron chi connectivity index (χ4n) is 1.55. The molecule has 122 valence electrons. The van der Waals surface area contributed by atoms with E-state index in [-0.39, 0.29) is 4.90 Å². The van der Waals surface area contributed by atoms with Crippen molar-refractivity contribution in [2.45, 2.75) is 43.6 Å². The minimum absolute atomic E-state index is 0.193. The van der Waals surface area contributed by atoms with Gasteiger partial charge in [0.05, 0.1) is 4.90 Å². The number of aryl methyl sites for hydroxylation is 1. The lowest BCUT2D eigenvalue weighted by atomic mass is 10.2. The Morgan fingerprint density at radius 2 is 1.68 bits per heavy atom. The molecule has 1 rings (SSSR count). The van der Waals surface area contributed by atoms with Crippen LogP contribution in [0.4, 0.5) is 4.79 Å². The molecule has 0 fully saturated rings. The van der Waals surface area contributed by atoms with E-state index in [1.54, 1.807) is 39.8 Å². The zero-order valence-electron chi connectivity index (χ0n) is 12.8. The van der Waals surface area contributed by atoms with Crippen molar-refractivity contribution in [2.75, 3.05) is 0 Å². The molecule has 1 aromatic rings. The summed E-state index contributed by atoms with van der Waals surface area (Å²) in [7, 11) is -4.28. The third kappa shape index (κ3) is 4.73. The first-order valence-corrected chi connectivity index (χ1v) is 8.01. The molecule has 22 heavy (non-hydrogen) atoms. The zero-order valence-corrected chi connectivity index (χ0v) is 13.6. The number of carbonyl (C=O) groups excluding carboxylic acids is 1. The highest BCUT2D eigenvalue weighted by Crippen LogP contribution is 2.17. The fourth-order valence-corrected chi connectivity index (χ4v) is 2.86. The van der Waals surface area contributed by atoms with Gasteiger partial charge in [0, 0.05) is 0 Å². The Kier molecular flexibility index (Phi) is 5.18. The number of aliphatic carboxylic acids is 1. The highest BCUT2D eigenvalue weighted by molar-refractivity contribution is 7.92. The average molecular weight is 329 g/mol. The maximum atomic E-state index is 12.3. The van der Waals surface area contributed by atoms with E-state index < -0.39 is 32.9 Å². The van der Waals surface area contributed by atoms with Gasteiger partial charge >= 0.3 is 12.1 Å². The molecule has 1 atom stereocenters. The van der Waals surface area contributed by atoms with Crippen LogP contribution in [0.2, 0.25) is 0 Å². The number of carboxylic acids is 1. The first kappa shape index (κ1) is 18.0. The van der Waals surface area contributed by atoms with Gasteiger partial charge in [-0.3, -0.25) is 5.32 Å². The highest BCUT2D eigenvalue weighted by Gasteiger charge is 2.36. The first-order valence-electron chi connectivity index (χ1n) is 6.46. The van der Waals surface area contributed by atoms with Gasteiger partial charge in [-0.05, 0) is 39.8 Å². The molecule has 1 aromatic carbocycles. The predicted molar refractivity (Wildman–Crippen MR) is 79.2 cm³/mol. The first-order chi connectivity index (χ1) is 9.93. The second kappa shape index (κ2) is 6.35. The Morgan fingerprint density at radius 1 is 1.18 bits per heavy atom. The van der Waals surface area contributed by atoms with Crippen LogP contribution < -0.4 is 5.32 Å². The molecule has 0 aromatic heterocycles. The minimum atomic E-state index is -4.28. The van der Waals surface area contributed by atoms with Crippen LogP contribution in [0, 0.1) is 6.92 Å². The summed E-state index contributed by atoms with van der Waals surface area (Å²) in [4.78, 5) is 22.7. The molecule has 0 heterocycles. The quantitative estimate of drug-likeness (QED) is 0.870. The second-order valence-electron chi connectivity index (χ2n) is 5.72. The van der Waals surface area contributed by atoms with Crippen LogP contribution in [-0.2, 0) is 19.4 Å². The number of benzene rings is 1. The van der Waals surface area contributed by atoms with Crippen molar-refractivity contribution in [3.63, 3.8) is 0 Å². The van der Waals surface area contributed by atoms with Crippen molar-refractivity contribution in [3.05, 3.63) is 29.8 Å². The summed E-state index contributed by atoms with van der Waals surface area (Å²) in [6.45, 7) is 6.51. The summed E-state index contributed by atoms with van der Waals surface area (Å²) in [5, 5.41) is 8.88. The molecule has 8 heteroatoms. The fraction of sp³-hybridized carbons (Fsp3) is 0.429. The number of carbonyl (C=O) groups is 2. The number of alkyl carbamates (subject to hydrolysis) is 1. The summed E-state index contributed by atoms with van der Waals surface area (Å²) in [6.07, 6.45) is -1.12. The summed E-state index contributed by atoms with van der Waals surface area (Å²) in [5.41, 5.74) is -0.0493. The van der Waals surface area contributed by atoms with Gasteiger partial charge in [0.25, 0.3) is 0 Å². The van der Waals surface area contributed by atoms with Crippen LogP contribution in [0.1, 0.15) is 26.3 Å². The number of carboxylic acid groups (broad SMARTS) is 1. The number of ether oxygens (including phenoxy) is 1. The summed E-state index contributed by atoms with van der Waals surface area (Å²) in [5.74, 6) is -1.69. The van der Waals surface area contributed by atoms with E-state index in [4.69, 9.17) is 9.84 Å². The molecule has 7 nitrogen and oxygen atoms in total. The van der Waals surface area contributed by atoms with E-state index in [1.807, 2.05) is 5.32 Å². The molecule has 0 saturated carbocycles. The van der Waals surface area contributed by atoms with Crippen molar-refractivity contribution < 1.29 is 27.9 Å². The third-order valence-corrected chi connectivity index (χ3v) is 4.40. The summed E-state index contributed by atoms with van der Waals surface area (Å²) in [6, 6.07) is 5.66. The molecule has 2 N–H and O–H groups in total. The van der Waals surface area contributed by atoms with Crippen LogP contribution >= 0.6 is 0 Å². The van der Waals surface area contributed by atoms with Crippen LogP contribution in [0.5, 0.6) is 0 Å². The second-order valence-corrected chi connectivity index (χ2v) is 7.76. The van der Waals surface area contributed by atoms with Crippen molar-refractivity contribution in [2.24, 2.45) is 0 Å². The number of hydrogen-bond acceptors (Lipinski definition) is 5. The van der Waals surface area contributed by atoms with E-state index in [2.05, 4.69) is 0 Å². The Bertz CT molecular complexity index is 658. The summed E-state index contributed by atoms with van der Waals surface area (Å²) < 4.78 is 29.6. The topological polar surface area (TPSA) is 110 Å².